The first-order valence-corrected chi connectivity index (χ1v) is 11.1. The molecule has 0 saturated carbocycles. The Kier molecular flexibility index (Phi) is 8.38. The zero-order valence-electron chi connectivity index (χ0n) is 20.1. The topological polar surface area (TPSA) is 85.2 Å². The van der Waals surface area contributed by atoms with Crippen LogP contribution in [0.15, 0.2) is 18.2 Å². The summed E-state index contributed by atoms with van der Waals surface area (Å²) in [5, 5.41) is 0. The van der Waals surface area contributed by atoms with Crippen LogP contribution in [0.1, 0.15) is 46.6 Å². The molecule has 2 heterocycles. The average Bonchev–Trinajstić information content (AvgIpc) is 3.44. The minimum Gasteiger partial charge on any atom is -0.493 e. The molecule has 0 amide bonds. The smallest absolute Gasteiger partial charge is 0.306 e. The number of methoxy groups -OCH3 is 3. The molecule has 0 aliphatic carbocycles. The number of carbonyl (C=O) groups excluding carboxylic acids is 2. The Bertz CT molecular complexity index is 964. The van der Waals surface area contributed by atoms with E-state index in [2.05, 4.69) is 4.57 Å². The van der Waals surface area contributed by atoms with Crippen LogP contribution in [0.2, 0.25) is 0 Å². The number of aromatic nitrogens is 1. The number of Topliss-reactive ketones (excluding diaryl/α,β-unsaturated/α-hetero) is 1. The average molecular weight is 460 g/mol. The molecule has 0 bridgehead atoms. The van der Waals surface area contributed by atoms with Gasteiger partial charge in [0.2, 0.25) is 11.5 Å². The molecule has 8 nitrogen and oxygen atoms in total. The first-order valence-electron chi connectivity index (χ1n) is 11.1. The number of ether oxygens (including phenoxy) is 5. The summed E-state index contributed by atoms with van der Waals surface area (Å²) in [6.45, 7) is 5.14. The van der Waals surface area contributed by atoms with Crippen molar-refractivity contribution >= 4 is 11.8 Å². The van der Waals surface area contributed by atoms with Crippen molar-refractivity contribution in [3.63, 3.8) is 0 Å². The van der Waals surface area contributed by atoms with Gasteiger partial charge in [-0.2, -0.15) is 0 Å². The first kappa shape index (κ1) is 24.6. The van der Waals surface area contributed by atoms with Gasteiger partial charge < -0.3 is 28.3 Å². The van der Waals surface area contributed by atoms with Crippen molar-refractivity contribution in [3.8, 4) is 17.2 Å². The van der Waals surface area contributed by atoms with Crippen LogP contribution in [-0.4, -0.2) is 57.0 Å². The van der Waals surface area contributed by atoms with Crippen molar-refractivity contribution in [2.24, 2.45) is 0 Å². The Morgan fingerprint density at radius 3 is 2.33 bits per heavy atom. The van der Waals surface area contributed by atoms with Gasteiger partial charge in [-0.3, -0.25) is 9.59 Å². The highest BCUT2D eigenvalue weighted by atomic mass is 16.5. The van der Waals surface area contributed by atoms with Crippen LogP contribution in [0, 0.1) is 13.8 Å². The van der Waals surface area contributed by atoms with Gasteiger partial charge in [0.1, 0.15) is 0 Å². The van der Waals surface area contributed by atoms with E-state index in [0.717, 1.165) is 42.9 Å². The van der Waals surface area contributed by atoms with Crippen LogP contribution < -0.4 is 14.2 Å². The highest BCUT2D eigenvalue weighted by Crippen LogP contribution is 2.38. The number of hydrogen-bond acceptors (Lipinski definition) is 7. The van der Waals surface area contributed by atoms with E-state index in [0.29, 0.717) is 29.2 Å². The zero-order valence-corrected chi connectivity index (χ0v) is 20.1. The summed E-state index contributed by atoms with van der Waals surface area (Å²) in [6.07, 6.45) is 2.83. The number of rotatable bonds is 11. The van der Waals surface area contributed by atoms with Crippen LogP contribution in [0.5, 0.6) is 17.2 Å². The third kappa shape index (κ3) is 5.87. The molecule has 3 rings (SSSR count). The van der Waals surface area contributed by atoms with Crippen molar-refractivity contribution in [2.75, 3.05) is 34.5 Å². The van der Waals surface area contributed by atoms with Crippen molar-refractivity contribution in [2.45, 2.75) is 52.2 Å². The van der Waals surface area contributed by atoms with Gasteiger partial charge in [0, 0.05) is 36.5 Å². The van der Waals surface area contributed by atoms with E-state index in [1.807, 2.05) is 19.9 Å². The van der Waals surface area contributed by atoms with E-state index in [1.54, 1.807) is 26.4 Å². The summed E-state index contributed by atoms with van der Waals surface area (Å²) in [5.74, 6) is 0.893. The summed E-state index contributed by atoms with van der Waals surface area (Å²) in [4.78, 5) is 25.0. The molecule has 0 radical (unpaired) electrons. The maximum Gasteiger partial charge on any atom is 0.306 e. The Balaban J connectivity index is 1.55. The number of carbonyl (C=O) groups is 2. The lowest BCUT2D eigenvalue weighted by Gasteiger charge is -2.15. The third-order valence-electron chi connectivity index (χ3n) is 5.99. The maximum absolute atomic E-state index is 12.7. The molecule has 2 aromatic rings. The molecule has 180 valence electrons. The zero-order chi connectivity index (χ0) is 24.0. The largest absolute Gasteiger partial charge is 0.493 e. The van der Waals surface area contributed by atoms with Gasteiger partial charge in [-0.15, -0.1) is 0 Å². The molecule has 33 heavy (non-hydrogen) atoms. The number of esters is 1. The molecule has 8 heteroatoms. The van der Waals surface area contributed by atoms with Crippen LogP contribution >= 0.6 is 0 Å². The number of hydrogen-bond donors (Lipinski definition) is 0. The number of nitrogens with zero attached hydrogens (tertiary/aromatic N) is 1. The van der Waals surface area contributed by atoms with E-state index in [-0.39, 0.29) is 24.9 Å². The monoisotopic (exact) mass is 459 g/mol. The van der Waals surface area contributed by atoms with Gasteiger partial charge >= 0.3 is 5.97 Å². The van der Waals surface area contributed by atoms with Gasteiger partial charge in [0.25, 0.3) is 0 Å². The molecular formula is C25H33NO7. The minimum absolute atomic E-state index is 0.129. The van der Waals surface area contributed by atoms with E-state index in [1.165, 1.54) is 7.11 Å². The lowest BCUT2D eigenvalue weighted by Crippen LogP contribution is -2.18. The van der Waals surface area contributed by atoms with Crippen LogP contribution in [0.25, 0.3) is 0 Å². The Morgan fingerprint density at radius 2 is 1.76 bits per heavy atom. The molecule has 1 aromatic heterocycles. The molecular weight excluding hydrogens is 426 g/mol. The molecule has 0 N–H and O–H groups in total. The van der Waals surface area contributed by atoms with Crippen LogP contribution in [0.3, 0.4) is 0 Å². The fourth-order valence-corrected chi connectivity index (χ4v) is 4.18. The van der Waals surface area contributed by atoms with Gasteiger partial charge in [0.15, 0.2) is 18.1 Å². The Hall–Kier alpha value is -3.00. The van der Waals surface area contributed by atoms with Crippen LogP contribution in [-0.2, 0) is 27.2 Å². The van der Waals surface area contributed by atoms with Crippen molar-refractivity contribution in [3.05, 3.63) is 40.7 Å². The molecule has 1 saturated heterocycles. The second-order valence-corrected chi connectivity index (χ2v) is 8.15. The molecule has 1 aromatic carbocycles. The Morgan fingerprint density at radius 1 is 1.06 bits per heavy atom. The SMILES string of the molecule is COc1cc(CCC(=O)OCC(=O)c2cc(C)n(C[C@@H]3CCCO3)c2C)cc(OC)c1OC. The molecule has 0 unspecified atom stereocenters. The third-order valence-corrected chi connectivity index (χ3v) is 5.99. The number of benzene rings is 1. The fraction of sp³-hybridized carbons (Fsp3) is 0.520. The van der Waals surface area contributed by atoms with Crippen molar-refractivity contribution in [1.82, 2.24) is 4.57 Å². The van der Waals surface area contributed by atoms with Crippen LogP contribution in [0.4, 0.5) is 0 Å². The highest BCUT2D eigenvalue weighted by Gasteiger charge is 2.22. The van der Waals surface area contributed by atoms with E-state index >= 15 is 0 Å². The summed E-state index contributed by atoms with van der Waals surface area (Å²) in [5.41, 5.74) is 3.30. The van der Waals surface area contributed by atoms with Gasteiger partial charge in [-0.25, -0.2) is 0 Å². The van der Waals surface area contributed by atoms with E-state index in [4.69, 9.17) is 23.7 Å². The van der Waals surface area contributed by atoms with Gasteiger partial charge in [0.05, 0.1) is 27.4 Å². The van der Waals surface area contributed by atoms with E-state index < -0.39 is 5.97 Å². The highest BCUT2D eigenvalue weighted by molar-refractivity contribution is 5.99. The number of aryl methyl sites for hydroxylation is 2. The maximum atomic E-state index is 12.7. The second kappa shape index (κ2) is 11.2. The van der Waals surface area contributed by atoms with Gasteiger partial charge in [-0.05, 0) is 56.9 Å². The molecule has 1 atom stereocenters. The summed E-state index contributed by atoms with van der Waals surface area (Å²) in [6, 6.07) is 5.45. The molecule has 1 aliphatic heterocycles. The lowest BCUT2D eigenvalue weighted by molar-refractivity contribution is -0.142. The summed E-state index contributed by atoms with van der Waals surface area (Å²) in [7, 11) is 4.62. The fourth-order valence-electron chi connectivity index (χ4n) is 4.18. The molecule has 0 spiro atoms. The van der Waals surface area contributed by atoms with Crippen molar-refractivity contribution in [1.29, 1.82) is 0 Å². The number of ketones is 1. The second-order valence-electron chi connectivity index (χ2n) is 8.15. The quantitative estimate of drug-likeness (QED) is 0.374. The summed E-state index contributed by atoms with van der Waals surface area (Å²) < 4.78 is 29.1. The molecule has 1 fully saturated rings. The van der Waals surface area contributed by atoms with Crippen molar-refractivity contribution < 1.29 is 33.3 Å². The predicted octanol–water partition coefficient (Wildman–Crippen LogP) is 3.67. The lowest BCUT2D eigenvalue weighted by atomic mass is 10.1. The molecule has 1 aliphatic rings. The predicted molar refractivity (Wildman–Crippen MR) is 123 cm³/mol. The Labute approximate surface area is 194 Å². The van der Waals surface area contributed by atoms with E-state index in [9.17, 15) is 9.59 Å². The summed E-state index contributed by atoms with van der Waals surface area (Å²) >= 11 is 0. The minimum atomic E-state index is -0.440. The first-order chi connectivity index (χ1) is 15.9. The standard InChI is InChI=1S/C25H33NO7/c1-16-11-20(17(2)26(16)14-19-7-6-10-32-19)21(27)15-33-24(28)9-8-18-12-22(29-3)25(31-5)23(13-18)30-4/h11-13,19H,6-10,14-15H2,1-5H3/t19-/m0/s1. The normalized spacial score (nSPS) is 15.4. The van der Waals surface area contributed by atoms with Gasteiger partial charge in [-0.1, -0.05) is 0 Å².